The molecule has 6 nitrogen and oxygen atoms in total. The number of aromatic nitrogens is 2. The normalized spacial score (nSPS) is 28.1. The van der Waals surface area contributed by atoms with Crippen molar-refractivity contribution in [1.29, 1.82) is 0 Å². The van der Waals surface area contributed by atoms with Crippen molar-refractivity contribution in [3.8, 4) is 11.5 Å². The predicted molar refractivity (Wildman–Crippen MR) is 103 cm³/mol. The molecule has 6 heteroatoms. The van der Waals surface area contributed by atoms with Crippen LogP contribution in [0.5, 0.6) is 11.5 Å². The fourth-order valence-corrected chi connectivity index (χ4v) is 4.51. The van der Waals surface area contributed by atoms with Gasteiger partial charge in [0.2, 0.25) is 0 Å². The van der Waals surface area contributed by atoms with Gasteiger partial charge < -0.3 is 19.5 Å². The van der Waals surface area contributed by atoms with Gasteiger partial charge in [0.25, 0.3) is 0 Å². The van der Waals surface area contributed by atoms with Gasteiger partial charge in [-0.05, 0) is 49.8 Å². The standard InChI is InChI=1S/C21H29N3O3/c1-15-7-8-24(22-15)10-9-23-13-16-11-18(25)21(12-17(16)14-23)27-20-6-4-3-5-19(20)26-2/h3-8,16-18,21,25H,9-14H2,1-2H3/t16-,17+,18+,21+/m0/s1. The number of benzene rings is 1. The molecule has 1 aliphatic carbocycles. The number of hydrogen-bond donors (Lipinski definition) is 1. The number of hydrogen-bond acceptors (Lipinski definition) is 5. The Balaban J connectivity index is 1.34. The number of likely N-dealkylation sites (tertiary alicyclic amines) is 1. The molecule has 0 radical (unpaired) electrons. The number of aliphatic hydroxyl groups is 1. The van der Waals surface area contributed by atoms with Crippen molar-refractivity contribution in [3.63, 3.8) is 0 Å². The maximum absolute atomic E-state index is 10.6. The number of fused-ring (bicyclic) bond motifs is 1. The smallest absolute Gasteiger partial charge is 0.161 e. The molecule has 2 heterocycles. The number of ether oxygens (including phenoxy) is 2. The van der Waals surface area contributed by atoms with Crippen LogP contribution in [0.2, 0.25) is 0 Å². The van der Waals surface area contributed by atoms with Crippen LogP contribution in [0.1, 0.15) is 18.5 Å². The molecule has 1 aromatic heterocycles. The number of nitrogens with zero attached hydrogens (tertiary/aromatic N) is 3. The molecule has 0 unspecified atom stereocenters. The topological polar surface area (TPSA) is 59.8 Å². The quantitative estimate of drug-likeness (QED) is 0.845. The largest absolute Gasteiger partial charge is 0.493 e. The second kappa shape index (κ2) is 7.90. The van der Waals surface area contributed by atoms with Gasteiger partial charge in [0, 0.05) is 25.8 Å². The summed E-state index contributed by atoms with van der Waals surface area (Å²) in [6.07, 6.45) is 3.14. The fraction of sp³-hybridized carbons (Fsp3) is 0.571. The first-order chi connectivity index (χ1) is 13.1. The van der Waals surface area contributed by atoms with Gasteiger partial charge in [0.1, 0.15) is 6.10 Å². The average molecular weight is 371 g/mol. The summed E-state index contributed by atoms with van der Waals surface area (Å²) in [4.78, 5) is 2.50. The Morgan fingerprint density at radius 2 is 1.81 bits per heavy atom. The highest BCUT2D eigenvalue weighted by Crippen LogP contribution is 2.39. The molecular formula is C21H29N3O3. The molecule has 1 saturated carbocycles. The van der Waals surface area contributed by atoms with E-state index in [1.807, 2.05) is 48.1 Å². The van der Waals surface area contributed by atoms with Gasteiger partial charge in [-0.3, -0.25) is 4.68 Å². The highest BCUT2D eigenvalue weighted by molar-refractivity contribution is 5.39. The third-order valence-corrected chi connectivity index (χ3v) is 5.93. The van der Waals surface area contributed by atoms with E-state index in [0.717, 1.165) is 50.5 Å². The molecule has 2 fully saturated rings. The van der Waals surface area contributed by atoms with E-state index in [9.17, 15) is 5.11 Å². The number of aliphatic hydroxyl groups excluding tert-OH is 1. The van der Waals surface area contributed by atoms with Crippen LogP contribution in [0.25, 0.3) is 0 Å². The van der Waals surface area contributed by atoms with E-state index in [4.69, 9.17) is 9.47 Å². The van der Waals surface area contributed by atoms with Crippen molar-refractivity contribution in [2.75, 3.05) is 26.7 Å². The zero-order valence-electron chi connectivity index (χ0n) is 16.1. The molecule has 0 bridgehead atoms. The van der Waals surface area contributed by atoms with E-state index in [1.54, 1.807) is 7.11 Å². The molecular weight excluding hydrogens is 342 g/mol. The van der Waals surface area contributed by atoms with Crippen molar-refractivity contribution in [1.82, 2.24) is 14.7 Å². The maximum atomic E-state index is 10.6. The van der Waals surface area contributed by atoms with Gasteiger partial charge in [-0.2, -0.15) is 5.10 Å². The van der Waals surface area contributed by atoms with Crippen molar-refractivity contribution >= 4 is 0 Å². The van der Waals surface area contributed by atoms with Gasteiger partial charge in [-0.15, -0.1) is 0 Å². The van der Waals surface area contributed by atoms with E-state index < -0.39 is 6.10 Å². The molecule has 1 N–H and O–H groups in total. The molecule has 0 spiro atoms. The zero-order chi connectivity index (χ0) is 18.8. The van der Waals surface area contributed by atoms with Gasteiger partial charge in [-0.25, -0.2) is 0 Å². The van der Waals surface area contributed by atoms with Crippen LogP contribution in [-0.4, -0.2) is 58.7 Å². The number of rotatable bonds is 6. The summed E-state index contributed by atoms with van der Waals surface area (Å²) in [7, 11) is 1.64. The molecule has 4 rings (SSSR count). The molecule has 27 heavy (non-hydrogen) atoms. The van der Waals surface area contributed by atoms with Crippen LogP contribution < -0.4 is 9.47 Å². The Bertz CT molecular complexity index is 763. The average Bonchev–Trinajstić information content (AvgIpc) is 3.26. The van der Waals surface area contributed by atoms with Crippen molar-refractivity contribution in [2.24, 2.45) is 11.8 Å². The maximum Gasteiger partial charge on any atom is 0.161 e. The predicted octanol–water partition coefficient (Wildman–Crippen LogP) is 2.35. The lowest BCUT2D eigenvalue weighted by Crippen LogP contribution is -2.42. The van der Waals surface area contributed by atoms with Gasteiger partial charge >= 0.3 is 0 Å². The second-order valence-electron chi connectivity index (χ2n) is 7.85. The van der Waals surface area contributed by atoms with Gasteiger partial charge in [0.15, 0.2) is 11.5 Å². The first-order valence-corrected chi connectivity index (χ1v) is 9.82. The first-order valence-electron chi connectivity index (χ1n) is 9.82. The lowest BCUT2D eigenvalue weighted by atomic mass is 9.78. The highest BCUT2D eigenvalue weighted by atomic mass is 16.5. The van der Waals surface area contributed by atoms with Gasteiger partial charge in [0.05, 0.1) is 25.5 Å². The van der Waals surface area contributed by atoms with Crippen molar-refractivity contribution in [3.05, 3.63) is 42.2 Å². The minimum Gasteiger partial charge on any atom is -0.493 e. The van der Waals surface area contributed by atoms with E-state index in [0.29, 0.717) is 17.6 Å². The Morgan fingerprint density at radius 3 is 2.52 bits per heavy atom. The SMILES string of the molecule is COc1ccccc1O[C@@H]1C[C@@H]2CN(CCn3ccc(C)n3)C[C@@H]2C[C@H]1O. The Hall–Kier alpha value is -2.05. The Morgan fingerprint density at radius 1 is 1.07 bits per heavy atom. The first kappa shape index (κ1) is 18.3. The third-order valence-electron chi connectivity index (χ3n) is 5.93. The summed E-state index contributed by atoms with van der Waals surface area (Å²) < 4.78 is 13.5. The van der Waals surface area contributed by atoms with Crippen molar-refractivity contribution < 1.29 is 14.6 Å². The summed E-state index contributed by atoms with van der Waals surface area (Å²) >= 11 is 0. The molecule has 1 aliphatic heterocycles. The summed E-state index contributed by atoms with van der Waals surface area (Å²) in [5, 5.41) is 15.1. The molecule has 2 aromatic rings. The molecule has 4 atom stereocenters. The minimum absolute atomic E-state index is 0.170. The van der Waals surface area contributed by atoms with E-state index >= 15 is 0 Å². The zero-order valence-corrected chi connectivity index (χ0v) is 16.1. The molecule has 2 aliphatic rings. The van der Waals surface area contributed by atoms with E-state index in [2.05, 4.69) is 10.00 Å². The Labute approximate surface area is 160 Å². The van der Waals surface area contributed by atoms with Crippen molar-refractivity contribution in [2.45, 2.75) is 38.5 Å². The van der Waals surface area contributed by atoms with Crippen LogP contribution in [-0.2, 0) is 6.54 Å². The molecule has 1 saturated heterocycles. The number of aryl methyl sites for hydroxylation is 1. The molecule has 1 aromatic carbocycles. The lowest BCUT2D eigenvalue weighted by molar-refractivity contribution is -0.0240. The van der Waals surface area contributed by atoms with Crippen LogP contribution in [0.3, 0.4) is 0 Å². The third kappa shape index (κ3) is 4.12. The summed E-state index contributed by atoms with van der Waals surface area (Å²) in [6.45, 7) is 6.07. The van der Waals surface area contributed by atoms with Crippen LogP contribution in [0, 0.1) is 18.8 Å². The van der Waals surface area contributed by atoms with Crippen LogP contribution in [0.4, 0.5) is 0 Å². The Kier molecular flexibility index (Phi) is 5.36. The molecule has 0 amide bonds. The summed E-state index contributed by atoms with van der Waals surface area (Å²) in [6, 6.07) is 9.70. The van der Waals surface area contributed by atoms with E-state index in [-0.39, 0.29) is 6.10 Å². The lowest BCUT2D eigenvalue weighted by Gasteiger charge is -2.35. The number of methoxy groups -OCH3 is 1. The summed E-state index contributed by atoms with van der Waals surface area (Å²) in [5.41, 5.74) is 1.06. The number of para-hydroxylation sites is 2. The minimum atomic E-state index is -0.426. The monoisotopic (exact) mass is 371 g/mol. The highest BCUT2D eigenvalue weighted by Gasteiger charge is 2.42. The van der Waals surface area contributed by atoms with Gasteiger partial charge in [-0.1, -0.05) is 12.1 Å². The second-order valence-corrected chi connectivity index (χ2v) is 7.85. The van der Waals surface area contributed by atoms with Crippen LogP contribution >= 0.6 is 0 Å². The summed E-state index contributed by atoms with van der Waals surface area (Å²) in [5.74, 6) is 2.56. The molecule has 146 valence electrons. The van der Waals surface area contributed by atoms with Crippen LogP contribution in [0.15, 0.2) is 36.5 Å². The van der Waals surface area contributed by atoms with E-state index in [1.165, 1.54) is 0 Å². The fourth-order valence-electron chi connectivity index (χ4n) is 4.51.